The van der Waals surface area contributed by atoms with Crippen molar-refractivity contribution in [1.82, 2.24) is 14.1 Å². The van der Waals surface area contributed by atoms with Crippen LogP contribution in [-0.4, -0.2) is 87.3 Å². The maximum atomic E-state index is 12.9. The molecular weight excluding hydrogens is 434 g/mol. The number of ether oxygens (including phenoxy) is 2. The Kier molecular flexibility index (Phi) is 6.33. The Balaban J connectivity index is 1.35. The summed E-state index contributed by atoms with van der Waals surface area (Å²) in [7, 11) is -2.51. The Bertz CT molecular complexity index is 1100. The molecule has 32 heavy (non-hydrogen) atoms. The molecule has 0 spiro atoms. The number of carbonyl (C=O) groups is 2. The average Bonchev–Trinajstić information content (AvgIpc) is 2.83. The molecule has 1 saturated heterocycles. The number of benzene rings is 2. The van der Waals surface area contributed by atoms with Crippen LogP contribution in [0.25, 0.3) is 0 Å². The number of likely N-dealkylation sites (N-methyl/N-ethyl adjacent to an activating group) is 1. The maximum absolute atomic E-state index is 12.9. The molecule has 0 saturated carbocycles. The second-order valence-electron chi connectivity index (χ2n) is 7.61. The van der Waals surface area contributed by atoms with Crippen LogP contribution in [0.4, 0.5) is 0 Å². The molecule has 0 radical (unpaired) electrons. The van der Waals surface area contributed by atoms with Crippen LogP contribution in [-0.2, 0) is 14.8 Å². The van der Waals surface area contributed by atoms with Crippen LogP contribution in [0.15, 0.2) is 53.4 Å². The first kappa shape index (κ1) is 22.1. The number of rotatable bonds is 5. The maximum Gasteiger partial charge on any atom is 0.253 e. The van der Waals surface area contributed by atoms with Crippen molar-refractivity contribution in [1.29, 1.82) is 0 Å². The Hall–Kier alpha value is -3.11. The van der Waals surface area contributed by atoms with Crippen molar-refractivity contribution in [2.24, 2.45) is 0 Å². The third kappa shape index (κ3) is 4.56. The van der Waals surface area contributed by atoms with Gasteiger partial charge in [0.1, 0.15) is 13.2 Å². The van der Waals surface area contributed by atoms with Crippen LogP contribution in [0.1, 0.15) is 10.4 Å². The molecule has 2 aliphatic heterocycles. The second-order valence-corrected chi connectivity index (χ2v) is 9.65. The van der Waals surface area contributed by atoms with Gasteiger partial charge in [-0.25, -0.2) is 8.42 Å². The highest BCUT2D eigenvalue weighted by Crippen LogP contribution is 2.33. The van der Waals surface area contributed by atoms with E-state index in [9.17, 15) is 18.0 Å². The van der Waals surface area contributed by atoms with Gasteiger partial charge in [0, 0.05) is 44.9 Å². The molecular formula is C22H25N3O6S. The Morgan fingerprint density at radius 1 is 0.906 bits per heavy atom. The van der Waals surface area contributed by atoms with Gasteiger partial charge >= 0.3 is 0 Å². The van der Waals surface area contributed by atoms with Crippen molar-refractivity contribution in [3.05, 3.63) is 54.1 Å². The molecule has 0 aliphatic carbocycles. The number of piperazine rings is 1. The zero-order valence-corrected chi connectivity index (χ0v) is 18.6. The molecule has 0 atom stereocenters. The fourth-order valence-electron chi connectivity index (χ4n) is 3.66. The van der Waals surface area contributed by atoms with E-state index >= 15 is 0 Å². The van der Waals surface area contributed by atoms with Crippen molar-refractivity contribution in [3.63, 3.8) is 0 Å². The minimum atomic E-state index is -3.88. The number of sulfonamides is 1. The standard InChI is InChI=1S/C22H25N3O6S/c1-23(32(28,29)18-7-8-19-20(15-18)31-14-13-30-19)16-21(26)24-9-11-25(12-10-24)22(27)17-5-3-2-4-6-17/h2-8,15H,9-14,16H2,1H3. The van der Waals surface area contributed by atoms with Crippen LogP contribution in [0.2, 0.25) is 0 Å². The highest BCUT2D eigenvalue weighted by molar-refractivity contribution is 7.89. The van der Waals surface area contributed by atoms with Gasteiger partial charge in [-0.3, -0.25) is 9.59 Å². The van der Waals surface area contributed by atoms with Gasteiger partial charge in [-0.1, -0.05) is 18.2 Å². The largest absolute Gasteiger partial charge is 0.486 e. The van der Waals surface area contributed by atoms with E-state index in [2.05, 4.69) is 0 Å². The lowest BCUT2D eigenvalue weighted by Crippen LogP contribution is -2.52. The van der Waals surface area contributed by atoms with Gasteiger partial charge in [0.15, 0.2) is 11.5 Å². The molecule has 2 aliphatic rings. The van der Waals surface area contributed by atoms with Crippen molar-refractivity contribution < 1.29 is 27.5 Å². The first-order valence-corrected chi connectivity index (χ1v) is 11.8. The summed E-state index contributed by atoms with van der Waals surface area (Å²) in [5.41, 5.74) is 0.609. The molecule has 170 valence electrons. The van der Waals surface area contributed by atoms with Crippen LogP contribution in [0.3, 0.4) is 0 Å². The lowest BCUT2D eigenvalue weighted by atomic mass is 10.2. The van der Waals surface area contributed by atoms with Gasteiger partial charge in [0.25, 0.3) is 5.91 Å². The number of amides is 2. The summed E-state index contributed by atoms with van der Waals surface area (Å²) in [6, 6.07) is 13.4. The lowest BCUT2D eigenvalue weighted by Gasteiger charge is -2.35. The van der Waals surface area contributed by atoms with Crippen molar-refractivity contribution >= 4 is 21.8 Å². The molecule has 10 heteroatoms. The summed E-state index contributed by atoms with van der Waals surface area (Å²) >= 11 is 0. The Labute approximate surface area is 187 Å². The van der Waals surface area contributed by atoms with E-state index in [1.54, 1.807) is 28.0 Å². The van der Waals surface area contributed by atoms with Crippen LogP contribution in [0.5, 0.6) is 11.5 Å². The van der Waals surface area contributed by atoms with E-state index in [1.807, 2.05) is 18.2 Å². The summed E-state index contributed by atoms with van der Waals surface area (Å²) in [4.78, 5) is 28.6. The predicted molar refractivity (Wildman–Crippen MR) is 116 cm³/mol. The molecule has 0 N–H and O–H groups in total. The number of fused-ring (bicyclic) bond motifs is 1. The van der Waals surface area contributed by atoms with Gasteiger partial charge in [0.2, 0.25) is 15.9 Å². The quantitative estimate of drug-likeness (QED) is 0.664. The van der Waals surface area contributed by atoms with E-state index in [0.29, 0.717) is 56.5 Å². The molecule has 9 nitrogen and oxygen atoms in total. The van der Waals surface area contributed by atoms with Crippen molar-refractivity contribution in [2.75, 3.05) is 53.0 Å². The smallest absolute Gasteiger partial charge is 0.253 e. The molecule has 4 rings (SSSR count). The zero-order valence-electron chi connectivity index (χ0n) is 17.8. The minimum Gasteiger partial charge on any atom is -0.486 e. The van der Waals surface area contributed by atoms with E-state index in [-0.39, 0.29) is 23.3 Å². The highest BCUT2D eigenvalue weighted by Gasteiger charge is 2.29. The summed E-state index contributed by atoms with van der Waals surface area (Å²) in [6.45, 7) is 1.99. The first-order valence-electron chi connectivity index (χ1n) is 10.3. The average molecular weight is 460 g/mol. The molecule has 2 aromatic rings. The van der Waals surface area contributed by atoms with E-state index in [1.165, 1.54) is 19.2 Å². The normalized spacial score (nSPS) is 16.2. The second kappa shape index (κ2) is 9.17. The molecule has 2 aromatic carbocycles. The van der Waals surface area contributed by atoms with Crippen LogP contribution in [0, 0.1) is 0 Å². The zero-order chi connectivity index (χ0) is 22.7. The number of hydrogen-bond donors (Lipinski definition) is 0. The van der Waals surface area contributed by atoms with Gasteiger partial charge in [-0.2, -0.15) is 4.31 Å². The highest BCUT2D eigenvalue weighted by atomic mass is 32.2. The lowest BCUT2D eigenvalue weighted by molar-refractivity contribution is -0.132. The summed E-state index contributed by atoms with van der Waals surface area (Å²) < 4.78 is 37.8. The number of hydrogen-bond acceptors (Lipinski definition) is 6. The fraction of sp³-hybridized carbons (Fsp3) is 0.364. The molecule has 0 unspecified atom stereocenters. The summed E-state index contributed by atoms with van der Waals surface area (Å²) in [5, 5.41) is 0. The van der Waals surface area contributed by atoms with Crippen molar-refractivity contribution in [2.45, 2.75) is 4.90 Å². The third-order valence-electron chi connectivity index (χ3n) is 5.52. The van der Waals surface area contributed by atoms with Gasteiger partial charge in [-0.05, 0) is 24.3 Å². The number of carbonyl (C=O) groups excluding carboxylic acids is 2. The minimum absolute atomic E-state index is 0.0373. The molecule has 1 fully saturated rings. The van der Waals surface area contributed by atoms with Crippen LogP contribution < -0.4 is 9.47 Å². The first-order chi connectivity index (χ1) is 15.4. The predicted octanol–water partition coefficient (Wildman–Crippen LogP) is 1.06. The Morgan fingerprint density at radius 3 is 2.22 bits per heavy atom. The molecule has 2 amide bonds. The number of nitrogens with zero attached hydrogens (tertiary/aromatic N) is 3. The van der Waals surface area contributed by atoms with Crippen molar-refractivity contribution in [3.8, 4) is 11.5 Å². The fourth-order valence-corrected chi connectivity index (χ4v) is 4.80. The molecule has 0 bridgehead atoms. The third-order valence-corrected chi connectivity index (χ3v) is 7.32. The van der Waals surface area contributed by atoms with Crippen LogP contribution >= 0.6 is 0 Å². The van der Waals surface area contributed by atoms with Gasteiger partial charge in [0.05, 0.1) is 11.4 Å². The monoisotopic (exact) mass is 459 g/mol. The van der Waals surface area contributed by atoms with Gasteiger partial charge in [-0.15, -0.1) is 0 Å². The topological polar surface area (TPSA) is 96.5 Å². The van der Waals surface area contributed by atoms with E-state index in [4.69, 9.17) is 9.47 Å². The summed E-state index contributed by atoms with van der Waals surface area (Å²) in [6.07, 6.45) is 0. The summed E-state index contributed by atoms with van der Waals surface area (Å²) in [5.74, 6) is 0.490. The molecule has 0 aromatic heterocycles. The SMILES string of the molecule is CN(CC(=O)N1CCN(C(=O)c2ccccc2)CC1)S(=O)(=O)c1ccc2c(c1)OCCO2. The van der Waals surface area contributed by atoms with E-state index in [0.717, 1.165) is 4.31 Å². The van der Waals surface area contributed by atoms with E-state index < -0.39 is 10.0 Å². The molecule has 2 heterocycles. The van der Waals surface area contributed by atoms with Gasteiger partial charge < -0.3 is 19.3 Å². The Morgan fingerprint density at radius 2 is 1.53 bits per heavy atom.